The van der Waals surface area contributed by atoms with Crippen molar-refractivity contribution in [3.05, 3.63) is 56.3 Å². The van der Waals surface area contributed by atoms with Gasteiger partial charge in [-0.25, -0.2) is 13.6 Å². The third-order valence-corrected chi connectivity index (χ3v) is 6.24. The van der Waals surface area contributed by atoms with E-state index in [0.29, 0.717) is 0 Å². The van der Waals surface area contributed by atoms with Crippen molar-refractivity contribution < 1.29 is 23.4 Å². The molecule has 7 N–H and O–H groups in total. The van der Waals surface area contributed by atoms with Crippen LogP contribution in [-0.2, 0) is 11.3 Å². The normalized spacial score (nSPS) is 14.8. The van der Waals surface area contributed by atoms with E-state index in [2.05, 4.69) is 0 Å². The van der Waals surface area contributed by atoms with Crippen LogP contribution in [0.1, 0.15) is 29.8 Å². The fourth-order valence-electron chi connectivity index (χ4n) is 4.30. The Morgan fingerprint density at radius 2 is 1.94 bits per heavy atom. The van der Waals surface area contributed by atoms with Gasteiger partial charge in [0.05, 0.1) is 51.9 Å². The number of ether oxygens (including phenoxy) is 1. The van der Waals surface area contributed by atoms with Gasteiger partial charge in [0.25, 0.3) is 0 Å². The molecule has 0 atom stereocenters. The molecule has 1 aliphatic heterocycles. The van der Waals surface area contributed by atoms with Gasteiger partial charge in [0.15, 0.2) is 5.82 Å². The van der Waals surface area contributed by atoms with Gasteiger partial charge in [0, 0.05) is 30.4 Å². The van der Waals surface area contributed by atoms with Crippen molar-refractivity contribution in [1.82, 2.24) is 4.57 Å². The Balaban J connectivity index is 2.17. The lowest BCUT2D eigenvalue weighted by molar-refractivity contribution is 0.0524. The van der Waals surface area contributed by atoms with Crippen LogP contribution < -0.4 is 27.5 Å². The third-order valence-electron chi connectivity index (χ3n) is 5.88. The van der Waals surface area contributed by atoms with E-state index in [0.717, 1.165) is 12.3 Å². The molecule has 1 aromatic heterocycles. The molecule has 35 heavy (non-hydrogen) atoms. The molecular formula is C23H24ClF2N5O4. The summed E-state index contributed by atoms with van der Waals surface area (Å²) < 4.78 is 35.9. The van der Waals surface area contributed by atoms with E-state index in [1.54, 1.807) is 18.7 Å². The first-order valence-corrected chi connectivity index (χ1v) is 11.1. The van der Waals surface area contributed by atoms with Crippen LogP contribution in [0, 0.1) is 11.6 Å². The van der Waals surface area contributed by atoms with Crippen molar-refractivity contribution in [2.45, 2.75) is 26.0 Å². The molecule has 0 amide bonds. The molecule has 0 radical (unpaired) electrons. The number of carbonyl (C=O) groups excluding carboxylic acids is 1. The first-order chi connectivity index (χ1) is 16.4. The second-order valence-corrected chi connectivity index (χ2v) is 9.12. The van der Waals surface area contributed by atoms with Crippen LogP contribution in [0.5, 0.6) is 0 Å². The summed E-state index contributed by atoms with van der Waals surface area (Å²) in [5, 5.41) is 9.34. The molecule has 9 nitrogen and oxygen atoms in total. The Kier molecular flexibility index (Phi) is 6.12. The molecular weight excluding hydrogens is 484 g/mol. The number of anilines is 3. The lowest BCUT2D eigenvalue weighted by atomic mass is 9.92. The molecule has 0 aliphatic carbocycles. The van der Waals surface area contributed by atoms with Crippen LogP contribution in [0.3, 0.4) is 0 Å². The number of carbonyl (C=O) groups is 1. The van der Waals surface area contributed by atoms with Crippen molar-refractivity contribution in [1.29, 1.82) is 0 Å². The fraction of sp³-hybridized carbons (Fsp3) is 0.304. The zero-order valence-corrected chi connectivity index (χ0v) is 19.7. The number of nitrogen functional groups attached to an aromatic ring is 2. The number of halogens is 3. The molecule has 1 aliphatic rings. The van der Waals surface area contributed by atoms with Gasteiger partial charge in [0.1, 0.15) is 11.4 Å². The predicted molar refractivity (Wildman–Crippen MR) is 130 cm³/mol. The van der Waals surface area contributed by atoms with Crippen LogP contribution >= 0.6 is 11.6 Å². The van der Waals surface area contributed by atoms with E-state index in [-0.39, 0.29) is 58.2 Å². The minimum Gasteiger partial charge on any atom is -0.462 e. The van der Waals surface area contributed by atoms with E-state index in [4.69, 9.17) is 33.5 Å². The number of benzene rings is 2. The number of aromatic nitrogens is 1. The molecule has 2 heterocycles. The maximum atomic E-state index is 15.5. The average Bonchev–Trinajstić information content (AvgIpc) is 2.77. The molecule has 3 aromatic rings. The molecule has 4 rings (SSSR count). The molecule has 0 spiro atoms. The Morgan fingerprint density at radius 1 is 1.29 bits per heavy atom. The van der Waals surface area contributed by atoms with E-state index in [1.165, 1.54) is 10.6 Å². The molecule has 0 saturated carbocycles. The Hall–Kier alpha value is -3.41. The second-order valence-electron chi connectivity index (χ2n) is 8.75. The molecule has 1 saturated heterocycles. The number of fused-ring (bicyclic) bond motifs is 1. The fourth-order valence-corrected chi connectivity index (χ4v) is 4.69. The van der Waals surface area contributed by atoms with E-state index >= 15 is 4.39 Å². The minimum absolute atomic E-state index is 0.0297. The van der Waals surface area contributed by atoms with Crippen molar-refractivity contribution in [3.63, 3.8) is 0 Å². The highest BCUT2D eigenvalue weighted by molar-refractivity contribution is 6.38. The number of hydrogen-bond donors (Lipinski definition) is 4. The number of nitrogens with zero attached hydrogens (tertiary/aromatic N) is 2. The minimum atomic E-state index is -0.976. The van der Waals surface area contributed by atoms with E-state index < -0.39 is 46.4 Å². The van der Waals surface area contributed by atoms with Crippen LogP contribution in [0.2, 0.25) is 5.02 Å². The first kappa shape index (κ1) is 24.7. The van der Waals surface area contributed by atoms with Gasteiger partial charge >= 0.3 is 5.97 Å². The van der Waals surface area contributed by atoms with Gasteiger partial charge < -0.3 is 36.5 Å². The standard InChI is InChI=1S/C23H24ClF2N5O4/c1-3-35-22(34)11-6-31(14-5-13(27)12(25)4-10(14)7-32)19-15(21(11)33)18(28)17(26)20(16(19)24)30-8-23(2,29)9-30/h4-6,32H,3,7-9,27-29H2,1-2H3. The molecule has 2 aromatic carbocycles. The van der Waals surface area contributed by atoms with Crippen molar-refractivity contribution in [2.24, 2.45) is 5.73 Å². The third kappa shape index (κ3) is 3.95. The molecule has 1 fully saturated rings. The van der Waals surface area contributed by atoms with Crippen LogP contribution in [0.4, 0.5) is 25.8 Å². The number of aliphatic hydroxyl groups excluding tert-OH is 1. The summed E-state index contributed by atoms with van der Waals surface area (Å²) in [6.45, 7) is 3.23. The largest absolute Gasteiger partial charge is 0.462 e. The second kappa shape index (κ2) is 8.67. The number of rotatable bonds is 5. The van der Waals surface area contributed by atoms with Gasteiger partial charge in [-0.15, -0.1) is 0 Å². The number of aliphatic hydroxyl groups is 1. The topological polar surface area (TPSA) is 150 Å². The van der Waals surface area contributed by atoms with Crippen molar-refractivity contribution in [2.75, 3.05) is 36.1 Å². The summed E-state index contributed by atoms with van der Waals surface area (Å²) in [5.41, 5.74) is 15.2. The summed E-state index contributed by atoms with van der Waals surface area (Å²) in [6.07, 6.45) is 1.13. The summed E-state index contributed by atoms with van der Waals surface area (Å²) in [6, 6.07) is 2.21. The number of pyridine rings is 1. The van der Waals surface area contributed by atoms with Gasteiger partial charge in [-0.1, -0.05) is 11.6 Å². The monoisotopic (exact) mass is 507 g/mol. The van der Waals surface area contributed by atoms with Gasteiger partial charge in [-0.2, -0.15) is 0 Å². The lowest BCUT2D eigenvalue weighted by Crippen LogP contribution is -2.66. The van der Waals surface area contributed by atoms with Crippen molar-refractivity contribution in [3.8, 4) is 5.69 Å². The molecule has 0 bridgehead atoms. The SMILES string of the molecule is CCOC(=O)c1cn(-c2cc(N)c(F)cc2CO)c2c(Cl)c(N3CC(C)(N)C3)c(F)c(N)c2c1=O. The van der Waals surface area contributed by atoms with Gasteiger partial charge in [-0.3, -0.25) is 4.79 Å². The van der Waals surface area contributed by atoms with Crippen LogP contribution in [0.15, 0.2) is 23.1 Å². The van der Waals surface area contributed by atoms with Crippen LogP contribution in [-0.4, -0.2) is 40.9 Å². The zero-order valence-electron chi connectivity index (χ0n) is 19.0. The summed E-state index contributed by atoms with van der Waals surface area (Å²) in [7, 11) is 0. The highest BCUT2D eigenvalue weighted by Crippen LogP contribution is 2.43. The molecule has 0 unspecified atom stereocenters. The Labute approximate surface area is 203 Å². The Bertz CT molecular complexity index is 1430. The number of esters is 1. The quantitative estimate of drug-likeness (QED) is 0.303. The molecule has 186 valence electrons. The van der Waals surface area contributed by atoms with Gasteiger partial charge in [0.2, 0.25) is 5.43 Å². The van der Waals surface area contributed by atoms with Gasteiger partial charge in [-0.05, 0) is 26.0 Å². The maximum absolute atomic E-state index is 15.5. The van der Waals surface area contributed by atoms with E-state index in [1.807, 2.05) is 0 Å². The van der Waals surface area contributed by atoms with Crippen LogP contribution in [0.25, 0.3) is 16.6 Å². The predicted octanol–water partition coefficient (Wildman–Crippen LogP) is 2.29. The summed E-state index contributed by atoms with van der Waals surface area (Å²) in [5.74, 6) is -2.70. The first-order valence-electron chi connectivity index (χ1n) is 10.7. The maximum Gasteiger partial charge on any atom is 0.343 e. The Morgan fingerprint density at radius 3 is 2.51 bits per heavy atom. The number of nitrogens with two attached hydrogens (primary N) is 3. The lowest BCUT2D eigenvalue weighted by Gasteiger charge is -2.47. The smallest absolute Gasteiger partial charge is 0.343 e. The van der Waals surface area contributed by atoms with E-state index in [9.17, 15) is 19.1 Å². The zero-order chi connectivity index (χ0) is 25.8. The summed E-state index contributed by atoms with van der Waals surface area (Å²) >= 11 is 6.68. The van der Waals surface area contributed by atoms with Crippen molar-refractivity contribution >= 4 is 45.5 Å². The molecule has 12 heteroatoms. The highest BCUT2D eigenvalue weighted by atomic mass is 35.5. The average molecular weight is 508 g/mol. The number of hydrogen-bond acceptors (Lipinski definition) is 8. The summed E-state index contributed by atoms with van der Waals surface area (Å²) in [4.78, 5) is 27.5. The highest BCUT2D eigenvalue weighted by Gasteiger charge is 2.39.